The van der Waals surface area contributed by atoms with Crippen LogP contribution in [0.15, 0.2) is 213 Å². The fraction of sp³-hybridized carbons (Fsp3) is 0.130. The van der Waals surface area contributed by atoms with E-state index in [9.17, 15) is 69.2 Å². The van der Waals surface area contributed by atoms with E-state index < -0.39 is 69.9 Å². The summed E-state index contributed by atoms with van der Waals surface area (Å²) in [6, 6.07) is 46.1. The quantitative estimate of drug-likeness (QED) is 0.0813. The number of fused-ring (bicyclic) bond motifs is 3. The molecule has 0 bridgehead atoms. The van der Waals surface area contributed by atoms with Gasteiger partial charge in [0.25, 0.3) is 0 Å². The third-order valence-electron chi connectivity index (χ3n) is 14.8. The SMILES string of the molecule is CC(Oc1ccc(Cl)cc1-c1nc2ccccc2o1)(C(=O)O)c1cccc(C(F)(F)F)c1.CC(Oc1ccc(Cl)cc1-c1nc2ccccc2o1)(C(=O)O)c1cccc(C(F)(F)F)c1.CC(Oc1ccc(Cl)cc1-c1nc2ccccc2o1)(C(=O)O)c1cccc(C(F)(F)F)c1. The van der Waals surface area contributed by atoms with Crippen molar-refractivity contribution in [1.29, 1.82) is 0 Å². The Morgan fingerprint density at radius 3 is 0.812 bits per heavy atom. The molecular formula is C69H45Cl3F9N3O12. The molecule has 0 aliphatic heterocycles. The summed E-state index contributed by atoms with van der Waals surface area (Å²) in [6.07, 6.45) is -13.9. The first kappa shape index (κ1) is 68.3. The van der Waals surface area contributed by atoms with Crippen LogP contribution in [0.25, 0.3) is 67.7 Å². The first-order valence-corrected chi connectivity index (χ1v) is 29.1. The summed E-state index contributed by atoms with van der Waals surface area (Å²) < 4.78 is 153. The number of halogens is 12. The molecule has 0 spiro atoms. The molecule has 9 aromatic carbocycles. The summed E-state index contributed by atoms with van der Waals surface area (Å²) in [7, 11) is 0. The van der Waals surface area contributed by atoms with E-state index >= 15 is 0 Å². The zero-order valence-electron chi connectivity index (χ0n) is 49.4. The van der Waals surface area contributed by atoms with Crippen LogP contribution < -0.4 is 14.2 Å². The van der Waals surface area contributed by atoms with Gasteiger partial charge in [-0.25, -0.2) is 29.3 Å². The molecule has 0 aliphatic rings. The number of aromatic nitrogens is 3. The van der Waals surface area contributed by atoms with Gasteiger partial charge in [-0.3, -0.25) is 0 Å². The normalized spacial score (nSPS) is 13.7. The Hall–Kier alpha value is -10.6. The van der Waals surface area contributed by atoms with E-state index in [0.29, 0.717) is 48.4 Å². The van der Waals surface area contributed by atoms with Gasteiger partial charge in [0, 0.05) is 31.8 Å². The Morgan fingerprint density at radius 2 is 0.583 bits per heavy atom. The highest BCUT2D eigenvalue weighted by Crippen LogP contribution is 2.44. The van der Waals surface area contributed by atoms with Crippen LogP contribution in [0.5, 0.6) is 17.2 Å². The molecule has 0 aliphatic carbocycles. The number of para-hydroxylation sites is 6. The first-order valence-electron chi connectivity index (χ1n) is 28.0. The largest absolute Gasteiger partial charge is 0.478 e. The van der Waals surface area contributed by atoms with Crippen LogP contribution in [0.4, 0.5) is 39.5 Å². The molecule has 12 rings (SSSR count). The number of ether oxygens (including phenoxy) is 3. The predicted molar refractivity (Wildman–Crippen MR) is 335 cm³/mol. The average molecular weight is 1390 g/mol. The van der Waals surface area contributed by atoms with Crippen molar-refractivity contribution in [2.24, 2.45) is 0 Å². The molecule has 27 heteroatoms. The third kappa shape index (κ3) is 14.7. The van der Waals surface area contributed by atoms with Crippen LogP contribution in [0.3, 0.4) is 0 Å². The number of rotatable bonds is 15. The Kier molecular flexibility index (Phi) is 19.0. The predicted octanol–water partition coefficient (Wildman–Crippen LogP) is 19.6. The van der Waals surface area contributed by atoms with E-state index in [-0.39, 0.29) is 68.3 Å². The van der Waals surface area contributed by atoms with Crippen LogP contribution in [0.1, 0.15) is 54.2 Å². The number of carbonyl (C=O) groups is 3. The lowest BCUT2D eigenvalue weighted by atomic mass is 9.93. The molecule has 0 fully saturated rings. The Labute approximate surface area is 551 Å². The molecule has 0 amide bonds. The molecule has 0 saturated carbocycles. The van der Waals surface area contributed by atoms with Gasteiger partial charge in [-0.05, 0) is 148 Å². The molecular weight excluding hydrogens is 1340 g/mol. The van der Waals surface area contributed by atoms with Crippen molar-refractivity contribution in [3.8, 4) is 51.6 Å². The van der Waals surface area contributed by atoms with Crippen LogP contribution in [0.2, 0.25) is 15.1 Å². The van der Waals surface area contributed by atoms with Crippen molar-refractivity contribution in [3.05, 3.63) is 249 Å². The van der Waals surface area contributed by atoms with Crippen molar-refractivity contribution in [2.45, 2.75) is 56.1 Å². The van der Waals surface area contributed by atoms with E-state index in [2.05, 4.69) is 15.0 Å². The molecule has 3 unspecified atom stereocenters. The third-order valence-corrected chi connectivity index (χ3v) is 15.5. The van der Waals surface area contributed by atoms with Gasteiger partial charge in [0.15, 0.2) is 16.7 Å². The molecule has 0 saturated heterocycles. The summed E-state index contributed by atoms with van der Waals surface area (Å²) in [5.74, 6) is -3.96. The van der Waals surface area contributed by atoms with Gasteiger partial charge < -0.3 is 42.8 Å². The first-order chi connectivity index (χ1) is 45.2. The second-order valence-corrected chi connectivity index (χ2v) is 22.7. The fourth-order valence-electron chi connectivity index (χ4n) is 9.55. The minimum atomic E-state index is -4.64. The Morgan fingerprint density at radius 1 is 0.344 bits per heavy atom. The number of aliphatic carboxylic acids is 3. The molecule has 0 radical (unpaired) electrons. The summed E-state index contributed by atoms with van der Waals surface area (Å²) in [5, 5.41) is 30.6. The van der Waals surface area contributed by atoms with Crippen LogP contribution in [-0.4, -0.2) is 48.2 Å². The number of benzene rings is 9. The zero-order valence-corrected chi connectivity index (χ0v) is 51.7. The molecule has 12 aromatic rings. The molecule has 492 valence electrons. The van der Waals surface area contributed by atoms with Gasteiger partial charge in [-0.1, -0.05) is 108 Å². The van der Waals surface area contributed by atoms with Gasteiger partial charge in [0.2, 0.25) is 34.5 Å². The fourth-order valence-corrected chi connectivity index (χ4v) is 10.1. The summed E-state index contributed by atoms with van der Waals surface area (Å²) in [5.41, 5.74) is -5.99. The molecule has 15 nitrogen and oxygen atoms in total. The number of alkyl halides is 9. The molecule has 3 N–H and O–H groups in total. The summed E-state index contributed by atoms with van der Waals surface area (Å²) in [6.45, 7) is 3.53. The number of oxazole rings is 3. The lowest BCUT2D eigenvalue weighted by Gasteiger charge is -2.28. The maximum absolute atomic E-state index is 13.2. The van der Waals surface area contributed by atoms with Crippen molar-refractivity contribution in [1.82, 2.24) is 15.0 Å². The number of carboxylic acid groups (broad SMARTS) is 3. The smallest absolute Gasteiger partial charge is 0.416 e. The summed E-state index contributed by atoms with van der Waals surface area (Å²) >= 11 is 18.4. The highest BCUT2D eigenvalue weighted by Gasteiger charge is 2.44. The number of nitrogens with zero attached hydrogens (tertiary/aromatic N) is 3. The standard InChI is InChI=1S/3C23H15ClF3NO4/c3*1-22(21(29)30,13-5-4-6-14(11-13)23(25,26)27)32-18-10-9-15(24)12-16(18)20-28-17-7-2-3-8-19(17)31-20/h3*2-12H,1H3,(H,29,30). The monoisotopic (exact) mass is 1380 g/mol. The van der Waals surface area contributed by atoms with Crippen LogP contribution in [-0.2, 0) is 49.7 Å². The Balaban J connectivity index is 0.000000157. The van der Waals surface area contributed by atoms with E-state index in [4.69, 9.17) is 62.3 Å². The second kappa shape index (κ2) is 26.7. The van der Waals surface area contributed by atoms with Crippen LogP contribution in [0, 0.1) is 0 Å². The van der Waals surface area contributed by atoms with E-state index in [0.717, 1.165) is 54.6 Å². The van der Waals surface area contributed by atoms with Crippen LogP contribution >= 0.6 is 34.8 Å². The van der Waals surface area contributed by atoms with Gasteiger partial charge in [-0.15, -0.1) is 0 Å². The van der Waals surface area contributed by atoms with Gasteiger partial charge in [0.1, 0.15) is 33.8 Å². The molecule has 3 aromatic heterocycles. The van der Waals surface area contributed by atoms with Crippen molar-refractivity contribution < 1.29 is 96.7 Å². The van der Waals surface area contributed by atoms with E-state index in [1.54, 1.807) is 72.8 Å². The zero-order chi connectivity index (χ0) is 69.3. The minimum absolute atomic E-state index is 0.0308. The number of hydrogen-bond donors (Lipinski definition) is 3. The lowest BCUT2D eigenvalue weighted by Crippen LogP contribution is -2.39. The maximum Gasteiger partial charge on any atom is 0.416 e. The molecule has 96 heavy (non-hydrogen) atoms. The average Bonchev–Trinajstić information content (AvgIpc) is 1.05. The van der Waals surface area contributed by atoms with Crippen molar-refractivity contribution >= 4 is 86.0 Å². The van der Waals surface area contributed by atoms with Gasteiger partial charge in [-0.2, -0.15) is 39.5 Å². The van der Waals surface area contributed by atoms with E-state index in [1.807, 2.05) is 0 Å². The number of hydrogen-bond acceptors (Lipinski definition) is 12. The van der Waals surface area contributed by atoms with Gasteiger partial charge in [0.05, 0.1) is 33.4 Å². The van der Waals surface area contributed by atoms with Crippen molar-refractivity contribution in [2.75, 3.05) is 0 Å². The second-order valence-electron chi connectivity index (χ2n) is 21.4. The maximum atomic E-state index is 13.2. The molecule has 3 atom stereocenters. The topological polar surface area (TPSA) is 218 Å². The number of carboxylic acids is 3. The van der Waals surface area contributed by atoms with Crippen molar-refractivity contribution in [3.63, 3.8) is 0 Å². The minimum Gasteiger partial charge on any atom is -0.478 e. The summed E-state index contributed by atoms with van der Waals surface area (Å²) in [4.78, 5) is 49.6. The van der Waals surface area contributed by atoms with Gasteiger partial charge >= 0.3 is 36.4 Å². The molecule has 3 heterocycles. The lowest BCUT2D eigenvalue weighted by molar-refractivity contribution is -0.155. The van der Waals surface area contributed by atoms with E-state index in [1.165, 1.54) is 93.6 Å². The Bertz CT molecular complexity index is 4340. The highest BCUT2D eigenvalue weighted by molar-refractivity contribution is 6.31. The highest BCUT2D eigenvalue weighted by atomic mass is 35.5.